The molecule has 1 heterocycles. The summed E-state index contributed by atoms with van der Waals surface area (Å²) < 4.78 is 1.82. The van der Waals surface area contributed by atoms with Crippen LogP contribution in [0.4, 0.5) is 5.69 Å². The van der Waals surface area contributed by atoms with Gasteiger partial charge in [0.15, 0.2) is 12.4 Å². The first-order valence-corrected chi connectivity index (χ1v) is 8.39. The number of pyridine rings is 1. The second kappa shape index (κ2) is 7.89. The number of ketones is 1. The third-order valence-corrected chi connectivity index (χ3v) is 4.26. The lowest BCUT2D eigenvalue weighted by molar-refractivity contribution is -0.683. The van der Waals surface area contributed by atoms with Crippen molar-refractivity contribution in [1.29, 1.82) is 0 Å². The van der Waals surface area contributed by atoms with Gasteiger partial charge in [0.2, 0.25) is 12.3 Å². The van der Waals surface area contributed by atoms with Crippen molar-refractivity contribution in [3.8, 4) is 0 Å². The summed E-state index contributed by atoms with van der Waals surface area (Å²) in [5.74, 6) is 0.00906. The molecule has 0 saturated carbocycles. The Labute approximate surface area is 155 Å². The summed E-state index contributed by atoms with van der Waals surface area (Å²) in [6.45, 7) is 0.249. The van der Waals surface area contributed by atoms with Crippen LogP contribution >= 0.6 is 11.6 Å². The summed E-state index contributed by atoms with van der Waals surface area (Å²) in [6.07, 6.45) is 4.38. The zero-order valence-electron chi connectivity index (χ0n) is 13.8. The maximum absolute atomic E-state index is 12.3. The van der Waals surface area contributed by atoms with Crippen molar-refractivity contribution in [2.75, 3.05) is 0 Å². The Morgan fingerprint density at radius 3 is 2.08 bits per heavy atom. The second-order valence-corrected chi connectivity index (χ2v) is 6.35. The fourth-order valence-electron chi connectivity index (χ4n) is 2.58. The number of hydrogen-bond acceptors (Lipinski definition) is 3. The van der Waals surface area contributed by atoms with E-state index in [1.807, 2.05) is 29.1 Å². The SMILES string of the molecule is O=C(C[n+]1ccc(Cc2ccc([N+](=O)[O-])cc2)cc1)c1ccc(Cl)cc1. The van der Waals surface area contributed by atoms with E-state index in [9.17, 15) is 14.9 Å². The molecule has 0 aliphatic heterocycles. The molecule has 0 bridgehead atoms. The molecule has 0 fully saturated rings. The van der Waals surface area contributed by atoms with Crippen molar-refractivity contribution in [2.24, 2.45) is 0 Å². The summed E-state index contributed by atoms with van der Waals surface area (Å²) in [6, 6.07) is 17.2. The maximum Gasteiger partial charge on any atom is 0.269 e. The number of aromatic nitrogens is 1. The molecule has 0 atom stereocenters. The number of non-ortho nitro benzene ring substituents is 1. The first kappa shape index (κ1) is 17.8. The number of nitro benzene ring substituents is 1. The minimum Gasteiger partial charge on any atom is -0.287 e. The maximum atomic E-state index is 12.3. The summed E-state index contributed by atoms with van der Waals surface area (Å²) in [5, 5.41) is 11.3. The van der Waals surface area contributed by atoms with E-state index in [1.54, 1.807) is 36.4 Å². The van der Waals surface area contributed by atoms with Crippen molar-refractivity contribution in [3.05, 3.63) is 105 Å². The molecule has 0 saturated heterocycles. The topological polar surface area (TPSA) is 64.1 Å². The summed E-state index contributed by atoms with van der Waals surface area (Å²) in [7, 11) is 0. The molecule has 5 nitrogen and oxygen atoms in total. The fourth-order valence-corrected chi connectivity index (χ4v) is 2.70. The van der Waals surface area contributed by atoms with Gasteiger partial charge in [0, 0.05) is 34.9 Å². The predicted octanol–water partition coefficient (Wildman–Crippen LogP) is 4.01. The molecule has 1 aromatic heterocycles. The Morgan fingerprint density at radius 1 is 0.923 bits per heavy atom. The Balaban J connectivity index is 1.63. The number of halogens is 1. The number of hydrogen-bond donors (Lipinski definition) is 0. The third kappa shape index (κ3) is 4.52. The van der Waals surface area contributed by atoms with Crippen LogP contribution in [0.25, 0.3) is 0 Å². The molecule has 3 rings (SSSR count). The molecule has 0 aliphatic rings. The number of carbonyl (C=O) groups excluding carboxylic acids is 1. The highest BCUT2D eigenvalue weighted by molar-refractivity contribution is 6.30. The van der Waals surface area contributed by atoms with E-state index in [1.165, 1.54) is 12.1 Å². The lowest BCUT2D eigenvalue weighted by atomic mass is 10.1. The van der Waals surface area contributed by atoms with Gasteiger partial charge in [-0.05, 0) is 41.8 Å². The van der Waals surface area contributed by atoms with Crippen LogP contribution in [0.3, 0.4) is 0 Å². The Hall–Kier alpha value is -3.05. The first-order valence-electron chi connectivity index (χ1n) is 8.01. The molecule has 0 amide bonds. The van der Waals surface area contributed by atoms with E-state index in [4.69, 9.17) is 11.6 Å². The molecule has 6 heteroatoms. The molecule has 0 radical (unpaired) electrons. The summed E-state index contributed by atoms with van der Waals surface area (Å²) >= 11 is 5.83. The molecule has 2 aromatic carbocycles. The van der Waals surface area contributed by atoms with Gasteiger partial charge in [-0.2, -0.15) is 4.57 Å². The molecule has 3 aromatic rings. The Kier molecular flexibility index (Phi) is 5.39. The Morgan fingerprint density at radius 2 is 1.50 bits per heavy atom. The van der Waals surface area contributed by atoms with Crippen LogP contribution in [0.5, 0.6) is 0 Å². The van der Waals surface area contributed by atoms with Gasteiger partial charge < -0.3 is 0 Å². The van der Waals surface area contributed by atoms with Gasteiger partial charge in [-0.25, -0.2) is 0 Å². The monoisotopic (exact) mass is 367 g/mol. The molecule has 0 N–H and O–H groups in total. The third-order valence-electron chi connectivity index (χ3n) is 4.01. The van der Waals surface area contributed by atoms with E-state index < -0.39 is 4.92 Å². The highest BCUT2D eigenvalue weighted by atomic mass is 35.5. The highest BCUT2D eigenvalue weighted by Crippen LogP contribution is 2.15. The van der Waals surface area contributed by atoms with Crippen LogP contribution in [0.15, 0.2) is 73.1 Å². The van der Waals surface area contributed by atoms with Crippen molar-refractivity contribution in [2.45, 2.75) is 13.0 Å². The van der Waals surface area contributed by atoms with Crippen molar-refractivity contribution in [3.63, 3.8) is 0 Å². The van der Waals surface area contributed by atoms with Crippen LogP contribution in [0, 0.1) is 10.1 Å². The number of carbonyl (C=O) groups is 1. The van der Waals surface area contributed by atoms with Gasteiger partial charge in [0.05, 0.1) is 4.92 Å². The molecule has 0 unspecified atom stereocenters. The number of rotatable bonds is 6. The lowest BCUT2D eigenvalue weighted by Crippen LogP contribution is -2.37. The van der Waals surface area contributed by atoms with E-state index in [0.29, 0.717) is 17.0 Å². The second-order valence-electron chi connectivity index (χ2n) is 5.91. The summed E-state index contributed by atoms with van der Waals surface area (Å²) in [5.41, 5.74) is 2.76. The smallest absolute Gasteiger partial charge is 0.269 e. The number of Topliss-reactive ketones (excluding diaryl/α,β-unsaturated/α-hetero) is 1. The lowest BCUT2D eigenvalue weighted by Gasteiger charge is -2.02. The van der Waals surface area contributed by atoms with Crippen LogP contribution in [-0.2, 0) is 13.0 Å². The van der Waals surface area contributed by atoms with E-state index in [2.05, 4.69) is 0 Å². The molecular formula is C20H16ClN2O3+. The van der Waals surface area contributed by atoms with Gasteiger partial charge in [-0.3, -0.25) is 14.9 Å². The predicted molar refractivity (Wildman–Crippen MR) is 98.3 cm³/mol. The summed E-state index contributed by atoms with van der Waals surface area (Å²) in [4.78, 5) is 22.5. The molecule has 0 aliphatic carbocycles. The molecule has 26 heavy (non-hydrogen) atoms. The van der Waals surface area contributed by atoms with Crippen molar-refractivity contribution < 1.29 is 14.3 Å². The zero-order chi connectivity index (χ0) is 18.5. The minimum absolute atomic E-state index is 0.00906. The van der Waals surface area contributed by atoms with Gasteiger partial charge in [-0.15, -0.1) is 0 Å². The van der Waals surface area contributed by atoms with E-state index >= 15 is 0 Å². The zero-order valence-corrected chi connectivity index (χ0v) is 14.6. The van der Waals surface area contributed by atoms with Crippen LogP contribution in [-0.4, -0.2) is 10.7 Å². The normalized spacial score (nSPS) is 10.5. The number of nitrogens with zero attached hydrogens (tertiary/aromatic N) is 2. The fraction of sp³-hybridized carbons (Fsp3) is 0.100. The largest absolute Gasteiger partial charge is 0.287 e. The van der Waals surface area contributed by atoms with E-state index in [-0.39, 0.29) is 18.0 Å². The number of benzene rings is 2. The van der Waals surface area contributed by atoms with Gasteiger partial charge in [0.25, 0.3) is 5.69 Å². The molecular weight excluding hydrogens is 352 g/mol. The van der Waals surface area contributed by atoms with Gasteiger partial charge in [0.1, 0.15) is 0 Å². The quantitative estimate of drug-likeness (QED) is 0.286. The highest BCUT2D eigenvalue weighted by Gasteiger charge is 2.12. The Bertz CT molecular complexity index is 921. The number of nitro groups is 1. The van der Waals surface area contributed by atoms with Gasteiger partial charge in [-0.1, -0.05) is 23.7 Å². The van der Waals surface area contributed by atoms with Crippen LogP contribution < -0.4 is 4.57 Å². The average Bonchev–Trinajstić information content (AvgIpc) is 2.64. The van der Waals surface area contributed by atoms with E-state index in [0.717, 1.165) is 11.1 Å². The van der Waals surface area contributed by atoms with Crippen LogP contribution in [0.2, 0.25) is 5.02 Å². The van der Waals surface area contributed by atoms with Crippen LogP contribution in [0.1, 0.15) is 21.5 Å². The van der Waals surface area contributed by atoms with Gasteiger partial charge >= 0.3 is 0 Å². The standard InChI is InChI=1S/C20H16ClN2O3/c21-18-5-3-17(4-6-18)20(24)14-22-11-9-16(10-12-22)13-15-1-7-19(8-2-15)23(25)26/h1-12H,13-14H2/q+1. The first-order chi connectivity index (χ1) is 12.5. The minimum atomic E-state index is -0.410. The average molecular weight is 368 g/mol. The van der Waals surface area contributed by atoms with Crippen molar-refractivity contribution in [1.82, 2.24) is 0 Å². The molecule has 0 spiro atoms. The van der Waals surface area contributed by atoms with Crippen molar-refractivity contribution >= 4 is 23.1 Å². The molecule has 130 valence electrons.